The summed E-state index contributed by atoms with van der Waals surface area (Å²) in [4.78, 5) is 0. The molecule has 0 aliphatic rings. The summed E-state index contributed by atoms with van der Waals surface area (Å²) in [6, 6.07) is 8.11. The van der Waals surface area contributed by atoms with Crippen LogP contribution in [0.4, 0.5) is 5.69 Å². The summed E-state index contributed by atoms with van der Waals surface area (Å²) in [5.41, 5.74) is 3.26. The predicted octanol–water partition coefficient (Wildman–Crippen LogP) is 3.87. The summed E-state index contributed by atoms with van der Waals surface area (Å²) < 4.78 is 3.99. The van der Waals surface area contributed by atoms with Crippen molar-refractivity contribution in [1.82, 2.24) is 9.78 Å². The van der Waals surface area contributed by atoms with Crippen molar-refractivity contribution >= 4 is 37.5 Å². The SMILES string of the molecule is Cc1cc(CNc2c(Br)cccc2Br)n(C)n1. The van der Waals surface area contributed by atoms with E-state index in [0.29, 0.717) is 0 Å². The van der Waals surface area contributed by atoms with Crippen molar-refractivity contribution < 1.29 is 0 Å². The van der Waals surface area contributed by atoms with Crippen LogP contribution in [0.25, 0.3) is 0 Å². The Labute approximate surface area is 117 Å². The molecule has 0 saturated heterocycles. The molecule has 17 heavy (non-hydrogen) atoms. The van der Waals surface area contributed by atoms with E-state index in [1.165, 1.54) is 0 Å². The number of aryl methyl sites for hydroxylation is 2. The van der Waals surface area contributed by atoms with Gasteiger partial charge in [-0.05, 0) is 57.0 Å². The Bertz CT molecular complexity index is 514. The van der Waals surface area contributed by atoms with Crippen LogP contribution in [0.2, 0.25) is 0 Å². The summed E-state index contributed by atoms with van der Waals surface area (Å²) in [5.74, 6) is 0. The van der Waals surface area contributed by atoms with Crippen molar-refractivity contribution in [3.63, 3.8) is 0 Å². The number of hydrogen-bond donors (Lipinski definition) is 1. The second kappa shape index (κ2) is 5.23. The average molecular weight is 359 g/mol. The van der Waals surface area contributed by atoms with Gasteiger partial charge in [0, 0.05) is 16.0 Å². The fourth-order valence-electron chi connectivity index (χ4n) is 1.68. The van der Waals surface area contributed by atoms with Gasteiger partial charge >= 0.3 is 0 Å². The third-order valence-corrected chi connectivity index (χ3v) is 3.83. The molecule has 0 bridgehead atoms. The number of para-hydroxylation sites is 1. The summed E-state index contributed by atoms with van der Waals surface area (Å²) in [6.45, 7) is 2.75. The molecule has 0 atom stereocenters. The number of nitrogens with one attached hydrogen (secondary N) is 1. The number of nitrogens with zero attached hydrogens (tertiary/aromatic N) is 2. The minimum Gasteiger partial charge on any atom is -0.378 e. The van der Waals surface area contributed by atoms with Gasteiger partial charge in [-0.1, -0.05) is 6.07 Å². The molecule has 0 aliphatic heterocycles. The first-order valence-corrected chi connectivity index (χ1v) is 6.84. The van der Waals surface area contributed by atoms with E-state index in [2.05, 4.69) is 48.3 Å². The molecular weight excluding hydrogens is 346 g/mol. The fourth-order valence-corrected chi connectivity index (χ4v) is 2.95. The molecule has 2 aromatic rings. The summed E-state index contributed by atoms with van der Waals surface area (Å²) in [6.07, 6.45) is 0. The first-order chi connectivity index (χ1) is 8.08. The van der Waals surface area contributed by atoms with E-state index < -0.39 is 0 Å². The van der Waals surface area contributed by atoms with Crippen molar-refractivity contribution in [2.24, 2.45) is 7.05 Å². The lowest BCUT2D eigenvalue weighted by Gasteiger charge is -2.10. The fraction of sp³-hybridized carbons (Fsp3) is 0.250. The van der Waals surface area contributed by atoms with Crippen LogP contribution in [0.1, 0.15) is 11.4 Å². The van der Waals surface area contributed by atoms with Gasteiger partial charge in [-0.2, -0.15) is 5.10 Å². The lowest BCUT2D eigenvalue weighted by Crippen LogP contribution is -2.06. The molecule has 1 aromatic heterocycles. The Hall–Kier alpha value is -0.810. The Morgan fingerprint density at radius 2 is 1.94 bits per heavy atom. The van der Waals surface area contributed by atoms with Crippen LogP contribution in [0, 0.1) is 6.92 Å². The summed E-state index contributed by atoms with van der Waals surface area (Å²) in [5, 5.41) is 7.72. The van der Waals surface area contributed by atoms with E-state index in [1.54, 1.807) is 0 Å². The molecule has 1 heterocycles. The van der Waals surface area contributed by atoms with Crippen molar-refractivity contribution in [3.05, 3.63) is 44.6 Å². The maximum absolute atomic E-state index is 4.32. The van der Waals surface area contributed by atoms with Crippen molar-refractivity contribution in [1.29, 1.82) is 0 Å². The zero-order valence-electron chi connectivity index (χ0n) is 9.67. The number of benzene rings is 1. The second-order valence-corrected chi connectivity index (χ2v) is 5.56. The van der Waals surface area contributed by atoms with Crippen LogP contribution >= 0.6 is 31.9 Å². The van der Waals surface area contributed by atoms with Gasteiger partial charge < -0.3 is 5.32 Å². The summed E-state index contributed by atoms with van der Waals surface area (Å²) in [7, 11) is 1.96. The van der Waals surface area contributed by atoms with Crippen LogP contribution in [-0.4, -0.2) is 9.78 Å². The highest BCUT2D eigenvalue weighted by molar-refractivity contribution is 9.11. The molecule has 0 aliphatic carbocycles. The zero-order valence-corrected chi connectivity index (χ0v) is 12.8. The maximum atomic E-state index is 4.32. The Balaban J connectivity index is 2.15. The van der Waals surface area contributed by atoms with Gasteiger partial charge in [-0.3, -0.25) is 4.68 Å². The van der Waals surface area contributed by atoms with Gasteiger partial charge in [0.1, 0.15) is 0 Å². The minimum absolute atomic E-state index is 0.749. The smallest absolute Gasteiger partial charge is 0.0632 e. The normalized spacial score (nSPS) is 10.6. The standard InChI is InChI=1S/C12H13Br2N3/c1-8-6-9(17(2)16-8)7-15-12-10(13)4-3-5-11(12)14/h3-6,15H,7H2,1-2H3. The molecule has 0 fully saturated rings. The minimum atomic E-state index is 0.749. The lowest BCUT2D eigenvalue weighted by atomic mass is 10.3. The first kappa shape index (κ1) is 12.6. The van der Waals surface area contributed by atoms with E-state index in [9.17, 15) is 0 Å². The van der Waals surface area contributed by atoms with Crippen molar-refractivity contribution in [2.75, 3.05) is 5.32 Å². The first-order valence-electron chi connectivity index (χ1n) is 5.25. The Morgan fingerprint density at radius 3 is 2.47 bits per heavy atom. The van der Waals surface area contributed by atoms with Gasteiger partial charge in [0.15, 0.2) is 0 Å². The van der Waals surface area contributed by atoms with E-state index in [1.807, 2.05) is 36.9 Å². The highest BCUT2D eigenvalue weighted by atomic mass is 79.9. The molecule has 0 unspecified atom stereocenters. The molecule has 1 N–H and O–H groups in total. The van der Waals surface area contributed by atoms with Crippen molar-refractivity contribution in [2.45, 2.75) is 13.5 Å². The quantitative estimate of drug-likeness (QED) is 0.902. The van der Waals surface area contributed by atoms with Crippen LogP contribution in [0.5, 0.6) is 0 Å². The van der Waals surface area contributed by atoms with Crippen molar-refractivity contribution in [3.8, 4) is 0 Å². The number of rotatable bonds is 3. The topological polar surface area (TPSA) is 29.9 Å². The number of anilines is 1. The monoisotopic (exact) mass is 357 g/mol. The van der Waals surface area contributed by atoms with E-state index in [0.717, 1.165) is 32.6 Å². The number of aromatic nitrogens is 2. The zero-order chi connectivity index (χ0) is 12.4. The van der Waals surface area contributed by atoms with E-state index >= 15 is 0 Å². The van der Waals surface area contributed by atoms with Gasteiger partial charge in [0.25, 0.3) is 0 Å². The van der Waals surface area contributed by atoms with Crippen LogP contribution < -0.4 is 5.32 Å². The molecule has 0 radical (unpaired) electrons. The lowest BCUT2D eigenvalue weighted by molar-refractivity contribution is 0.713. The molecule has 0 spiro atoms. The molecule has 1 aromatic carbocycles. The van der Waals surface area contributed by atoms with Gasteiger partial charge in [0.2, 0.25) is 0 Å². The largest absolute Gasteiger partial charge is 0.378 e. The average Bonchev–Trinajstić information content (AvgIpc) is 2.57. The highest BCUT2D eigenvalue weighted by Gasteiger charge is 2.06. The molecule has 5 heteroatoms. The third kappa shape index (κ3) is 2.90. The highest BCUT2D eigenvalue weighted by Crippen LogP contribution is 2.30. The molecule has 0 saturated carbocycles. The van der Waals surface area contributed by atoms with Crippen LogP contribution in [-0.2, 0) is 13.6 Å². The molecular formula is C12H13Br2N3. The number of halogens is 2. The second-order valence-electron chi connectivity index (χ2n) is 3.85. The molecule has 0 amide bonds. The van der Waals surface area contributed by atoms with E-state index in [-0.39, 0.29) is 0 Å². The summed E-state index contributed by atoms with van der Waals surface area (Å²) >= 11 is 7.06. The third-order valence-electron chi connectivity index (χ3n) is 2.51. The molecule has 3 nitrogen and oxygen atoms in total. The van der Waals surface area contributed by atoms with Crippen LogP contribution in [0.3, 0.4) is 0 Å². The Morgan fingerprint density at radius 1 is 1.29 bits per heavy atom. The molecule has 2 rings (SSSR count). The van der Waals surface area contributed by atoms with E-state index in [4.69, 9.17) is 0 Å². The number of hydrogen-bond acceptors (Lipinski definition) is 2. The predicted molar refractivity (Wildman–Crippen MR) is 77.1 cm³/mol. The van der Waals surface area contributed by atoms with Gasteiger partial charge in [-0.25, -0.2) is 0 Å². The maximum Gasteiger partial charge on any atom is 0.0632 e. The molecule has 90 valence electrons. The Kier molecular flexibility index (Phi) is 3.89. The van der Waals surface area contributed by atoms with Crippen LogP contribution in [0.15, 0.2) is 33.2 Å². The van der Waals surface area contributed by atoms with Gasteiger partial charge in [-0.15, -0.1) is 0 Å². The van der Waals surface area contributed by atoms with Gasteiger partial charge in [0.05, 0.1) is 23.6 Å².